The van der Waals surface area contributed by atoms with Crippen LogP contribution in [0.3, 0.4) is 0 Å². The molecule has 6 atom stereocenters. The minimum atomic E-state index is -2.61. The van der Waals surface area contributed by atoms with Crippen molar-refractivity contribution in [3.8, 4) is 24.7 Å². The molecule has 0 aromatic rings. The zero-order valence-corrected chi connectivity index (χ0v) is 20.9. The van der Waals surface area contributed by atoms with Crippen LogP contribution in [0.2, 0.25) is 12.1 Å². The van der Waals surface area contributed by atoms with Gasteiger partial charge in [-0.05, 0) is 40.0 Å². The van der Waals surface area contributed by atoms with Crippen molar-refractivity contribution < 1.29 is 8.85 Å². The van der Waals surface area contributed by atoms with Gasteiger partial charge in [-0.15, -0.1) is 12.8 Å². The Labute approximate surface area is 180 Å². The Hall–Kier alpha value is -0.823. The van der Waals surface area contributed by atoms with Gasteiger partial charge in [-0.1, -0.05) is 39.5 Å². The maximum Gasteiger partial charge on any atom is 0.339 e. The highest BCUT2D eigenvalue weighted by molar-refractivity contribution is 6.67. The van der Waals surface area contributed by atoms with Crippen LogP contribution in [0.25, 0.3) is 0 Å². The average molecular weight is 419 g/mol. The topological polar surface area (TPSA) is 24.9 Å². The summed E-state index contributed by atoms with van der Waals surface area (Å²) in [6.07, 6.45) is 14.0. The molecule has 0 amide bonds. The van der Waals surface area contributed by atoms with Crippen molar-refractivity contribution in [3.63, 3.8) is 0 Å². The fraction of sp³-hybridized carbons (Fsp3) is 0.833. The highest BCUT2D eigenvalue weighted by Crippen LogP contribution is 2.43. The van der Waals surface area contributed by atoms with Gasteiger partial charge in [0.1, 0.15) is 11.2 Å². The third-order valence-corrected chi connectivity index (χ3v) is 11.3. The first-order valence-corrected chi connectivity index (χ1v) is 13.5. The molecule has 2 aliphatic rings. The summed E-state index contributed by atoms with van der Waals surface area (Å²) in [5.41, 5.74) is -1.17. The van der Waals surface area contributed by atoms with Crippen molar-refractivity contribution in [2.75, 3.05) is 27.2 Å². The summed E-state index contributed by atoms with van der Waals surface area (Å²) in [7, 11) is 1.71. The number of hydrogen-bond donors (Lipinski definition) is 0. The normalized spacial score (nSPS) is 39.7. The van der Waals surface area contributed by atoms with Gasteiger partial charge in [0.05, 0.1) is 0 Å². The van der Waals surface area contributed by atoms with Crippen molar-refractivity contribution >= 4 is 8.56 Å². The Morgan fingerprint density at radius 2 is 1.17 bits per heavy atom. The number of likely N-dealkylation sites (tertiary alicyclic amines) is 2. The maximum absolute atomic E-state index is 7.03. The Balaban J connectivity index is 2.38. The van der Waals surface area contributed by atoms with Crippen LogP contribution in [0, 0.1) is 36.5 Å². The van der Waals surface area contributed by atoms with E-state index in [4.69, 9.17) is 21.7 Å². The molecule has 164 valence electrons. The molecule has 0 N–H and O–H groups in total. The SMILES string of the molecule is C#CC1(O[Si](CC)(CC)OC2(C#C)CC(C)N(C)CC2C)CC(C)N(C)CC1C. The lowest BCUT2D eigenvalue weighted by Gasteiger charge is -2.53. The number of terminal acetylenes is 2. The fourth-order valence-electron chi connectivity index (χ4n) is 5.08. The van der Waals surface area contributed by atoms with Crippen LogP contribution in [0.4, 0.5) is 0 Å². The fourth-order valence-corrected chi connectivity index (χ4v) is 8.21. The number of nitrogens with zero attached hydrogens (tertiary/aromatic N) is 2. The Morgan fingerprint density at radius 1 is 0.828 bits per heavy atom. The van der Waals surface area contributed by atoms with Crippen LogP contribution in [-0.2, 0) is 8.85 Å². The van der Waals surface area contributed by atoms with Crippen molar-refractivity contribution in [2.45, 2.75) is 89.8 Å². The van der Waals surface area contributed by atoms with E-state index in [-0.39, 0.29) is 11.8 Å². The van der Waals surface area contributed by atoms with Gasteiger partial charge in [0, 0.05) is 49.9 Å². The largest absolute Gasteiger partial charge is 0.377 e. The standard InChI is InChI=1S/C24H42N2O2Si/c1-11-23(15-21(7)25(9)17-19(23)5)27-29(13-3,14-4)28-24(12-2)16-22(8)26(10)18-20(24)6/h1-2,19-22H,13-18H2,3-10H3. The summed E-state index contributed by atoms with van der Waals surface area (Å²) in [6, 6.07) is 2.46. The second kappa shape index (κ2) is 9.12. The zero-order valence-electron chi connectivity index (χ0n) is 19.9. The molecule has 2 aliphatic heterocycles. The number of rotatable bonds is 6. The molecule has 2 heterocycles. The molecule has 0 bridgehead atoms. The van der Waals surface area contributed by atoms with Gasteiger partial charge in [-0.2, -0.15) is 0 Å². The summed E-state index contributed by atoms with van der Waals surface area (Å²) in [4.78, 5) is 4.74. The van der Waals surface area contributed by atoms with Gasteiger partial charge in [0.15, 0.2) is 0 Å². The van der Waals surface area contributed by atoms with Crippen molar-refractivity contribution in [3.05, 3.63) is 0 Å². The van der Waals surface area contributed by atoms with Gasteiger partial charge < -0.3 is 18.7 Å². The summed E-state index contributed by atoms with van der Waals surface area (Å²) in [5, 5.41) is 0. The number of piperidine rings is 2. The van der Waals surface area contributed by atoms with E-state index in [1.807, 2.05) is 0 Å². The molecule has 0 aliphatic carbocycles. The third kappa shape index (κ3) is 4.60. The lowest BCUT2D eigenvalue weighted by molar-refractivity contribution is -0.0808. The minimum absolute atomic E-state index is 0.248. The van der Waals surface area contributed by atoms with Crippen LogP contribution in [0.5, 0.6) is 0 Å². The lowest BCUT2D eigenvalue weighted by atomic mass is 9.80. The molecule has 2 fully saturated rings. The monoisotopic (exact) mass is 418 g/mol. The van der Waals surface area contributed by atoms with Crippen molar-refractivity contribution in [1.29, 1.82) is 0 Å². The molecule has 0 aromatic carbocycles. The molecule has 6 unspecified atom stereocenters. The first kappa shape index (κ1) is 24.4. The van der Waals surface area contributed by atoms with E-state index >= 15 is 0 Å². The van der Waals surface area contributed by atoms with Gasteiger partial charge >= 0.3 is 8.56 Å². The van der Waals surface area contributed by atoms with Gasteiger partial charge in [0.2, 0.25) is 0 Å². The highest BCUT2D eigenvalue weighted by atomic mass is 28.4. The van der Waals surface area contributed by atoms with Gasteiger partial charge in [-0.3, -0.25) is 0 Å². The van der Waals surface area contributed by atoms with Crippen LogP contribution in [-0.4, -0.2) is 68.8 Å². The van der Waals surface area contributed by atoms with Gasteiger partial charge in [0.25, 0.3) is 0 Å². The predicted octanol–water partition coefficient (Wildman–Crippen LogP) is 3.97. The van der Waals surface area contributed by atoms with Crippen LogP contribution >= 0.6 is 0 Å². The van der Waals surface area contributed by atoms with E-state index < -0.39 is 19.8 Å². The Bertz CT molecular complexity index is 600. The third-order valence-electron chi connectivity index (χ3n) is 7.72. The molecule has 4 nitrogen and oxygen atoms in total. The molecule has 0 aromatic heterocycles. The summed E-state index contributed by atoms with van der Waals surface area (Å²) in [6.45, 7) is 15.1. The molecule has 5 heteroatoms. The minimum Gasteiger partial charge on any atom is -0.377 e. The maximum atomic E-state index is 7.03. The first-order chi connectivity index (χ1) is 13.5. The van der Waals surface area contributed by atoms with E-state index in [0.29, 0.717) is 12.1 Å². The average Bonchev–Trinajstić information content (AvgIpc) is 2.69. The molecule has 2 saturated heterocycles. The number of hydrogen-bond acceptors (Lipinski definition) is 4. The molecular formula is C24H42N2O2Si. The van der Waals surface area contributed by atoms with Crippen LogP contribution in [0.15, 0.2) is 0 Å². The van der Waals surface area contributed by atoms with E-state index in [2.05, 4.69) is 77.3 Å². The van der Waals surface area contributed by atoms with E-state index in [9.17, 15) is 0 Å². The van der Waals surface area contributed by atoms with Crippen molar-refractivity contribution in [2.24, 2.45) is 11.8 Å². The van der Waals surface area contributed by atoms with Crippen LogP contribution in [0.1, 0.15) is 54.4 Å². The van der Waals surface area contributed by atoms with E-state index in [1.165, 1.54) is 0 Å². The molecular weight excluding hydrogens is 376 g/mol. The molecule has 29 heavy (non-hydrogen) atoms. The lowest BCUT2D eigenvalue weighted by Crippen LogP contribution is -2.64. The van der Waals surface area contributed by atoms with E-state index in [0.717, 1.165) is 38.0 Å². The summed E-state index contributed by atoms with van der Waals surface area (Å²) >= 11 is 0. The second-order valence-corrected chi connectivity index (χ2v) is 13.3. The second-order valence-electron chi connectivity index (χ2n) is 9.68. The summed E-state index contributed by atoms with van der Waals surface area (Å²) < 4.78 is 14.1. The quantitative estimate of drug-likeness (QED) is 0.481. The molecule has 0 radical (unpaired) electrons. The van der Waals surface area contributed by atoms with E-state index in [1.54, 1.807) is 0 Å². The molecule has 0 spiro atoms. The van der Waals surface area contributed by atoms with Crippen LogP contribution < -0.4 is 0 Å². The van der Waals surface area contributed by atoms with Crippen molar-refractivity contribution in [1.82, 2.24) is 9.80 Å². The first-order valence-electron chi connectivity index (χ1n) is 11.3. The smallest absolute Gasteiger partial charge is 0.339 e. The zero-order chi connectivity index (χ0) is 22.0. The Kier molecular flexibility index (Phi) is 7.69. The summed E-state index contributed by atoms with van der Waals surface area (Å²) in [5.74, 6) is 6.66. The highest BCUT2D eigenvalue weighted by Gasteiger charge is 2.54. The van der Waals surface area contributed by atoms with Gasteiger partial charge in [-0.25, -0.2) is 0 Å². The predicted molar refractivity (Wildman–Crippen MR) is 124 cm³/mol. The molecule has 0 saturated carbocycles. The molecule has 2 rings (SSSR count). The Morgan fingerprint density at radius 3 is 1.45 bits per heavy atom.